The van der Waals surface area contributed by atoms with E-state index in [-0.39, 0.29) is 30.6 Å². The quantitative estimate of drug-likeness (QED) is 0.288. The summed E-state index contributed by atoms with van der Waals surface area (Å²) in [6, 6.07) is 0. The number of nitrogens with one attached hydrogen (secondary N) is 1. The van der Waals surface area contributed by atoms with Crippen LogP contribution >= 0.6 is 25.3 Å². The lowest BCUT2D eigenvalue weighted by Crippen LogP contribution is -2.46. The minimum absolute atomic E-state index is 0.0486. The van der Waals surface area contributed by atoms with Crippen LogP contribution in [-0.2, 0) is 14.0 Å². The van der Waals surface area contributed by atoms with Gasteiger partial charge in [0, 0.05) is 10.3 Å². The molecule has 9 heteroatoms. The van der Waals surface area contributed by atoms with Gasteiger partial charge < -0.3 is 21.3 Å². The molecule has 0 bridgehead atoms. The van der Waals surface area contributed by atoms with Crippen LogP contribution in [0.3, 0.4) is 0 Å². The van der Waals surface area contributed by atoms with Gasteiger partial charge in [0.2, 0.25) is 5.91 Å². The second kappa shape index (κ2) is 14.0. The van der Waals surface area contributed by atoms with Gasteiger partial charge in [-0.15, -0.1) is 0 Å². The number of rotatable bonds is 5. The normalized spacial score (nSPS) is 10.4. The molecule has 0 atom stereocenters. The Bertz CT molecular complexity index is 331. The Morgan fingerprint density at radius 1 is 1.14 bits per heavy atom. The molecule has 0 saturated heterocycles. The maximum atomic E-state index is 10.7. The fourth-order valence-electron chi connectivity index (χ4n) is 0.502. The lowest BCUT2D eigenvalue weighted by molar-refractivity contribution is -0.365. The predicted octanol–water partition coefficient (Wildman–Crippen LogP) is -0.673. The molecule has 0 aromatic rings. The Morgan fingerprint density at radius 3 is 1.68 bits per heavy atom. The maximum absolute atomic E-state index is 10.7. The average molecular weight is 358 g/mol. The van der Waals surface area contributed by atoms with Crippen LogP contribution in [0.1, 0.15) is 27.7 Å². The van der Waals surface area contributed by atoms with Gasteiger partial charge in [-0.25, -0.2) is 0 Å². The molecule has 5 N–H and O–H groups in total. The highest BCUT2D eigenvalue weighted by Gasteiger charge is 2.17. The summed E-state index contributed by atoms with van der Waals surface area (Å²) in [6.07, 6.45) is 0. The number of carbonyl (C=O) groups is 2. The SMILES string of the molecule is C=[O+]C(=O)CS.CC(C)(CO)NC(=O)CS.CC(C)(N)CO. The van der Waals surface area contributed by atoms with E-state index in [1.54, 1.807) is 27.7 Å². The smallest absolute Gasteiger partial charge is 0.394 e. The zero-order valence-electron chi connectivity index (χ0n) is 13.6. The van der Waals surface area contributed by atoms with Crippen molar-refractivity contribution >= 4 is 43.9 Å². The summed E-state index contributed by atoms with van der Waals surface area (Å²) in [4.78, 5) is 20.5. The predicted molar refractivity (Wildman–Crippen MR) is 94.5 cm³/mol. The average Bonchev–Trinajstić information content (AvgIpc) is 2.46. The summed E-state index contributed by atoms with van der Waals surface area (Å²) >= 11 is 7.35. The summed E-state index contributed by atoms with van der Waals surface area (Å²) in [6.45, 7) is 9.87. The minimum Gasteiger partial charge on any atom is -0.394 e. The Labute approximate surface area is 143 Å². The monoisotopic (exact) mass is 357 g/mol. The Balaban J connectivity index is -0.000000261. The molecule has 0 rings (SSSR count). The van der Waals surface area contributed by atoms with E-state index in [9.17, 15) is 9.59 Å². The molecule has 0 fully saturated rings. The molecular weight excluding hydrogens is 328 g/mol. The van der Waals surface area contributed by atoms with E-state index in [1.807, 2.05) is 0 Å². The van der Waals surface area contributed by atoms with Crippen LogP contribution in [-0.4, -0.2) is 64.7 Å². The summed E-state index contributed by atoms with van der Waals surface area (Å²) in [7, 11) is 0. The van der Waals surface area contributed by atoms with Crippen molar-refractivity contribution in [2.24, 2.45) is 5.73 Å². The number of hydrogen-bond acceptors (Lipinski definition) is 7. The maximum Gasteiger partial charge on any atom is 0.588 e. The molecule has 0 aliphatic heterocycles. The third kappa shape index (κ3) is 24.4. The molecule has 132 valence electrons. The van der Waals surface area contributed by atoms with Crippen LogP contribution in [0.25, 0.3) is 0 Å². The van der Waals surface area contributed by atoms with E-state index in [4.69, 9.17) is 15.9 Å². The fraction of sp³-hybridized carbons (Fsp3) is 0.769. The molecule has 0 aliphatic rings. The van der Waals surface area contributed by atoms with Crippen LogP contribution in [0.15, 0.2) is 0 Å². The molecule has 22 heavy (non-hydrogen) atoms. The van der Waals surface area contributed by atoms with E-state index in [2.05, 4.69) is 41.8 Å². The summed E-state index contributed by atoms with van der Waals surface area (Å²) in [5, 5.41) is 19.6. The van der Waals surface area contributed by atoms with Crippen molar-refractivity contribution in [3.63, 3.8) is 0 Å². The molecule has 0 aromatic heterocycles. The van der Waals surface area contributed by atoms with Crippen LogP contribution in [0.2, 0.25) is 0 Å². The fourth-order valence-corrected chi connectivity index (χ4v) is 0.672. The number of amides is 1. The van der Waals surface area contributed by atoms with Gasteiger partial charge in [-0.2, -0.15) is 25.3 Å². The van der Waals surface area contributed by atoms with E-state index < -0.39 is 17.0 Å². The highest BCUT2D eigenvalue weighted by molar-refractivity contribution is 7.81. The molecule has 1 amide bonds. The topological polar surface area (TPSA) is 124 Å². The number of aliphatic hydroxyl groups is 2. The van der Waals surface area contributed by atoms with Crippen molar-refractivity contribution in [2.45, 2.75) is 38.8 Å². The van der Waals surface area contributed by atoms with Crippen molar-refractivity contribution in [3.8, 4) is 0 Å². The first kappa shape index (κ1) is 26.3. The van der Waals surface area contributed by atoms with E-state index in [1.165, 1.54) is 0 Å². The van der Waals surface area contributed by atoms with Crippen molar-refractivity contribution in [3.05, 3.63) is 0 Å². The minimum atomic E-state index is -0.528. The third-order valence-corrected chi connectivity index (χ3v) is 2.26. The van der Waals surface area contributed by atoms with Crippen LogP contribution in [0.5, 0.6) is 0 Å². The van der Waals surface area contributed by atoms with E-state index in [0.717, 1.165) is 0 Å². The summed E-state index contributed by atoms with van der Waals surface area (Å²) in [5.41, 5.74) is 4.35. The number of thiol groups is 2. The van der Waals surface area contributed by atoms with Gasteiger partial charge in [0.05, 0.1) is 24.5 Å². The Hall–Kier alpha value is -0.610. The van der Waals surface area contributed by atoms with Crippen molar-refractivity contribution in [1.29, 1.82) is 0 Å². The molecule has 0 unspecified atom stereocenters. The zero-order chi connectivity index (χ0) is 18.4. The van der Waals surface area contributed by atoms with Crippen LogP contribution in [0, 0.1) is 0 Å². The van der Waals surface area contributed by atoms with Gasteiger partial charge in [0.1, 0.15) is 0 Å². The van der Waals surface area contributed by atoms with Gasteiger partial charge in [0.15, 0.2) is 12.5 Å². The first-order valence-electron chi connectivity index (χ1n) is 6.37. The second-order valence-electron chi connectivity index (χ2n) is 5.57. The Morgan fingerprint density at radius 2 is 1.55 bits per heavy atom. The number of aliphatic hydroxyl groups excluding tert-OH is 2. The van der Waals surface area contributed by atoms with Crippen molar-refractivity contribution < 1.29 is 24.2 Å². The lowest BCUT2D eigenvalue weighted by atomic mass is 10.1. The summed E-state index contributed by atoms with van der Waals surface area (Å²) < 4.78 is 3.93. The number of nitrogens with two attached hydrogens (primary N) is 1. The number of hydrogen-bond donors (Lipinski definition) is 6. The standard InChI is InChI=1S/C6H13NO2S.C4H11NO.C3H4O2S/c1-6(2,4-8)7-5(9)3-10;1-4(2,5)3-6;1-5-3(4)2-6/h8,10H,3-4H2,1-2H3,(H,7,9);6H,3,5H2,1-2H3;1-2H2/p+1. The van der Waals surface area contributed by atoms with Gasteiger partial charge >= 0.3 is 5.97 Å². The first-order chi connectivity index (χ1) is 9.88. The molecule has 0 saturated carbocycles. The molecule has 0 aliphatic carbocycles. The molecule has 0 heterocycles. The largest absolute Gasteiger partial charge is 0.588 e. The Kier molecular flexibility index (Phi) is 16.7. The van der Waals surface area contributed by atoms with Crippen LogP contribution < -0.4 is 11.1 Å². The van der Waals surface area contributed by atoms with Crippen molar-refractivity contribution in [1.82, 2.24) is 5.32 Å². The van der Waals surface area contributed by atoms with Gasteiger partial charge in [0.25, 0.3) is 0 Å². The second-order valence-corrected chi connectivity index (χ2v) is 6.20. The van der Waals surface area contributed by atoms with Gasteiger partial charge in [-0.3, -0.25) is 9.22 Å². The lowest BCUT2D eigenvalue weighted by Gasteiger charge is -2.22. The highest BCUT2D eigenvalue weighted by Crippen LogP contribution is 1.98. The van der Waals surface area contributed by atoms with E-state index in [0.29, 0.717) is 0 Å². The zero-order valence-corrected chi connectivity index (χ0v) is 15.4. The molecular formula is C13H29N2O5S2+. The molecule has 7 nitrogen and oxygen atoms in total. The van der Waals surface area contributed by atoms with Crippen molar-refractivity contribution in [2.75, 3.05) is 24.7 Å². The molecule has 0 aromatic carbocycles. The number of carbonyl (C=O) groups excluding carboxylic acids is 3. The molecule has 0 radical (unpaired) electrons. The van der Waals surface area contributed by atoms with Gasteiger partial charge in [-0.05, 0) is 27.7 Å². The summed E-state index contributed by atoms with van der Waals surface area (Å²) in [5.74, 6) is -0.312. The van der Waals surface area contributed by atoms with E-state index >= 15 is 0 Å². The molecule has 0 spiro atoms. The third-order valence-electron chi connectivity index (χ3n) is 1.71. The highest BCUT2D eigenvalue weighted by atomic mass is 32.1. The van der Waals surface area contributed by atoms with Crippen LogP contribution in [0.4, 0.5) is 0 Å². The van der Waals surface area contributed by atoms with Gasteiger partial charge in [-0.1, -0.05) is 0 Å². The first-order valence-corrected chi connectivity index (χ1v) is 7.63.